The van der Waals surface area contributed by atoms with E-state index < -0.39 is 12.3 Å². The minimum Gasteiger partial charge on any atom is -0.478 e. The van der Waals surface area contributed by atoms with E-state index in [1.54, 1.807) is 0 Å². The van der Waals surface area contributed by atoms with Crippen molar-refractivity contribution >= 4 is 5.97 Å². The van der Waals surface area contributed by atoms with Crippen LogP contribution in [0.1, 0.15) is 10.4 Å². The van der Waals surface area contributed by atoms with Crippen LogP contribution in [0.25, 0.3) is 22.8 Å². The van der Waals surface area contributed by atoms with Gasteiger partial charge in [0.15, 0.2) is 0 Å². The molecule has 0 amide bonds. The second kappa shape index (κ2) is 6.27. The monoisotopic (exact) mass is 350 g/mol. The summed E-state index contributed by atoms with van der Waals surface area (Å²) in [6.07, 6.45) is -4.76. The maximum Gasteiger partial charge on any atom is 0.573 e. The Morgan fingerprint density at radius 1 is 1.00 bits per heavy atom. The molecule has 6 nitrogen and oxygen atoms in total. The van der Waals surface area contributed by atoms with Crippen LogP contribution in [0.5, 0.6) is 5.75 Å². The smallest absolute Gasteiger partial charge is 0.478 e. The number of nitrogens with zero attached hydrogens (tertiary/aromatic N) is 2. The van der Waals surface area contributed by atoms with Crippen molar-refractivity contribution in [2.75, 3.05) is 0 Å². The standard InChI is InChI=1S/C16H9F3N2O4/c17-16(18,19)24-12-7-5-10(6-8-12)14-20-13(21-25-14)9-1-3-11(4-2-9)15(22)23/h1-8H,(H,22,23). The van der Waals surface area contributed by atoms with Gasteiger partial charge in [0.05, 0.1) is 5.56 Å². The predicted octanol–water partition coefficient (Wildman–Crippen LogP) is 4.00. The first-order valence-electron chi connectivity index (χ1n) is 6.85. The highest BCUT2D eigenvalue weighted by Gasteiger charge is 2.31. The lowest BCUT2D eigenvalue weighted by Crippen LogP contribution is -2.16. The van der Waals surface area contributed by atoms with Crippen LogP contribution in [0, 0.1) is 0 Å². The maximum absolute atomic E-state index is 12.1. The van der Waals surface area contributed by atoms with E-state index in [1.807, 2.05) is 0 Å². The second-order valence-electron chi connectivity index (χ2n) is 4.88. The highest BCUT2D eigenvalue weighted by Crippen LogP contribution is 2.27. The van der Waals surface area contributed by atoms with Crippen LogP contribution in [-0.2, 0) is 0 Å². The summed E-state index contributed by atoms with van der Waals surface area (Å²) < 4.78 is 45.3. The van der Waals surface area contributed by atoms with Crippen molar-refractivity contribution in [3.63, 3.8) is 0 Å². The van der Waals surface area contributed by atoms with Crippen LogP contribution < -0.4 is 4.74 Å². The van der Waals surface area contributed by atoms with Gasteiger partial charge in [-0.15, -0.1) is 13.2 Å². The predicted molar refractivity (Wildman–Crippen MR) is 78.8 cm³/mol. The fraction of sp³-hybridized carbons (Fsp3) is 0.0625. The average molecular weight is 350 g/mol. The third-order valence-electron chi connectivity index (χ3n) is 3.15. The van der Waals surface area contributed by atoms with Crippen LogP contribution in [0.4, 0.5) is 13.2 Å². The number of carboxylic acids is 1. The van der Waals surface area contributed by atoms with E-state index in [4.69, 9.17) is 9.63 Å². The van der Waals surface area contributed by atoms with Crippen molar-refractivity contribution in [2.24, 2.45) is 0 Å². The molecule has 0 unspecified atom stereocenters. The van der Waals surface area contributed by atoms with Gasteiger partial charge in [0.25, 0.3) is 5.89 Å². The summed E-state index contributed by atoms with van der Waals surface area (Å²) in [5, 5.41) is 12.6. The Balaban J connectivity index is 1.80. The van der Waals surface area contributed by atoms with E-state index in [1.165, 1.54) is 36.4 Å². The maximum atomic E-state index is 12.1. The number of aromatic carboxylic acids is 1. The Hall–Kier alpha value is -3.36. The van der Waals surface area contributed by atoms with Crippen molar-refractivity contribution in [1.29, 1.82) is 0 Å². The van der Waals surface area contributed by atoms with Crippen LogP contribution >= 0.6 is 0 Å². The molecule has 128 valence electrons. The van der Waals surface area contributed by atoms with Crippen molar-refractivity contribution in [3.8, 4) is 28.6 Å². The number of benzene rings is 2. The summed E-state index contributed by atoms with van der Waals surface area (Å²) in [5.41, 5.74) is 1.07. The number of carboxylic acid groups (broad SMARTS) is 1. The topological polar surface area (TPSA) is 85.5 Å². The van der Waals surface area contributed by atoms with Gasteiger partial charge < -0.3 is 14.4 Å². The molecule has 0 aliphatic heterocycles. The molecule has 0 fully saturated rings. The number of hydrogen-bond donors (Lipinski definition) is 1. The largest absolute Gasteiger partial charge is 0.573 e. The molecule has 0 bridgehead atoms. The molecule has 0 saturated heterocycles. The second-order valence-corrected chi connectivity index (χ2v) is 4.88. The molecule has 1 aromatic heterocycles. The summed E-state index contributed by atoms with van der Waals surface area (Å²) in [4.78, 5) is 15.0. The van der Waals surface area contributed by atoms with Gasteiger partial charge in [0, 0.05) is 11.1 Å². The summed E-state index contributed by atoms with van der Waals surface area (Å²) in [6, 6.07) is 10.8. The van der Waals surface area contributed by atoms with E-state index in [0.717, 1.165) is 12.1 Å². The lowest BCUT2D eigenvalue weighted by atomic mass is 10.1. The van der Waals surface area contributed by atoms with Gasteiger partial charge in [-0.1, -0.05) is 17.3 Å². The van der Waals surface area contributed by atoms with Crippen molar-refractivity contribution in [3.05, 3.63) is 54.1 Å². The third-order valence-corrected chi connectivity index (χ3v) is 3.15. The third kappa shape index (κ3) is 3.94. The van der Waals surface area contributed by atoms with E-state index in [9.17, 15) is 18.0 Å². The molecule has 0 aliphatic rings. The van der Waals surface area contributed by atoms with Gasteiger partial charge in [-0.25, -0.2) is 4.79 Å². The van der Waals surface area contributed by atoms with E-state index in [0.29, 0.717) is 11.1 Å². The van der Waals surface area contributed by atoms with Crippen LogP contribution in [0.15, 0.2) is 53.1 Å². The highest BCUT2D eigenvalue weighted by molar-refractivity contribution is 5.88. The van der Waals surface area contributed by atoms with Crippen LogP contribution in [0.3, 0.4) is 0 Å². The van der Waals surface area contributed by atoms with Gasteiger partial charge in [0.1, 0.15) is 5.75 Å². The van der Waals surface area contributed by atoms with Gasteiger partial charge >= 0.3 is 12.3 Å². The number of ether oxygens (including phenoxy) is 1. The zero-order valence-corrected chi connectivity index (χ0v) is 12.3. The van der Waals surface area contributed by atoms with Crippen LogP contribution in [0.2, 0.25) is 0 Å². The lowest BCUT2D eigenvalue weighted by Gasteiger charge is -2.08. The number of halogens is 3. The van der Waals surface area contributed by atoms with E-state index in [-0.39, 0.29) is 23.0 Å². The molecule has 1 N–H and O–H groups in total. The molecule has 9 heteroatoms. The first-order valence-corrected chi connectivity index (χ1v) is 6.85. The molecular formula is C16H9F3N2O4. The quantitative estimate of drug-likeness (QED) is 0.765. The number of carbonyl (C=O) groups is 1. The van der Waals surface area contributed by atoms with E-state index >= 15 is 0 Å². The minimum atomic E-state index is -4.76. The number of alkyl halides is 3. The highest BCUT2D eigenvalue weighted by atomic mass is 19.4. The van der Waals surface area contributed by atoms with Crippen molar-refractivity contribution in [2.45, 2.75) is 6.36 Å². The fourth-order valence-electron chi connectivity index (χ4n) is 2.02. The molecule has 0 spiro atoms. The van der Waals surface area contributed by atoms with E-state index in [2.05, 4.69) is 14.9 Å². The first-order chi connectivity index (χ1) is 11.8. The Bertz CT molecular complexity index is 887. The fourth-order valence-corrected chi connectivity index (χ4v) is 2.02. The summed E-state index contributed by atoms with van der Waals surface area (Å²) in [6.45, 7) is 0. The molecule has 0 atom stereocenters. The number of hydrogen-bond acceptors (Lipinski definition) is 5. The molecule has 1 heterocycles. The van der Waals surface area contributed by atoms with Gasteiger partial charge in [-0.2, -0.15) is 4.98 Å². The SMILES string of the molecule is O=C(O)c1ccc(-c2noc(-c3ccc(OC(F)(F)F)cc3)n2)cc1. The average Bonchev–Trinajstić information content (AvgIpc) is 3.04. The first kappa shape index (κ1) is 16.5. The summed E-state index contributed by atoms with van der Waals surface area (Å²) in [7, 11) is 0. The molecule has 0 aliphatic carbocycles. The lowest BCUT2D eigenvalue weighted by molar-refractivity contribution is -0.274. The minimum absolute atomic E-state index is 0.107. The molecule has 3 aromatic rings. The number of aromatic nitrogens is 2. The molecular weight excluding hydrogens is 341 g/mol. The molecule has 0 saturated carbocycles. The molecule has 25 heavy (non-hydrogen) atoms. The van der Waals surface area contributed by atoms with Gasteiger partial charge in [-0.3, -0.25) is 0 Å². The normalized spacial score (nSPS) is 11.3. The van der Waals surface area contributed by atoms with Crippen molar-refractivity contribution in [1.82, 2.24) is 10.1 Å². The zero-order chi connectivity index (χ0) is 18.0. The Labute approximate surface area is 138 Å². The summed E-state index contributed by atoms with van der Waals surface area (Å²) >= 11 is 0. The molecule has 2 aromatic carbocycles. The zero-order valence-electron chi connectivity index (χ0n) is 12.3. The summed E-state index contributed by atoms with van der Waals surface area (Å²) in [5.74, 6) is -1.08. The Morgan fingerprint density at radius 2 is 1.60 bits per heavy atom. The molecule has 3 rings (SSSR count). The van der Waals surface area contributed by atoms with Gasteiger partial charge in [-0.05, 0) is 36.4 Å². The van der Waals surface area contributed by atoms with Crippen LogP contribution in [-0.4, -0.2) is 27.6 Å². The van der Waals surface area contributed by atoms with Crippen molar-refractivity contribution < 1.29 is 32.3 Å². The Kier molecular flexibility index (Phi) is 4.14. The number of rotatable bonds is 4. The molecule has 0 radical (unpaired) electrons. The van der Waals surface area contributed by atoms with Gasteiger partial charge in [0.2, 0.25) is 5.82 Å². The Morgan fingerprint density at radius 3 is 2.16 bits per heavy atom.